The molecule has 0 aliphatic rings. The van der Waals surface area contributed by atoms with Gasteiger partial charge in [-0.15, -0.1) is 0 Å². The van der Waals surface area contributed by atoms with E-state index >= 15 is 0 Å². The van der Waals surface area contributed by atoms with Crippen molar-refractivity contribution < 1.29 is 27.5 Å². The van der Waals surface area contributed by atoms with Gasteiger partial charge in [0.1, 0.15) is 5.76 Å². The van der Waals surface area contributed by atoms with Crippen LogP contribution in [0.4, 0.5) is 13.2 Å². The summed E-state index contributed by atoms with van der Waals surface area (Å²) in [6, 6.07) is 7.86. The molecule has 0 spiro atoms. The van der Waals surface area contributed by atoms with Crippen LogP contribution >= 0.6 is 0 Å². The van der Waals surface area contributed by atoms with Gasteiger partial charge in [0.15, 0.2) is 0 Å². The van der Waals surface area contributed by atoms with Crippen molar-refractivity contribution >= 4 is 5.91 Å². The van der Waals surface area contributed by atoms with Crippen LogP contribution in [0.5, 0.6) is 0 Å². The highest BCUT2D eigenvalue weighted by Gasteiger charge is 2.30. The monoisotopic (exact) mass is 327 g/mol. The van der Waals surface area contributed by atoms with Crippen LogP contribution in [0.15, 0.2) is 47.1 Å². The average Bonchev–Trinajstić information content (AvgIpc) is 3.03. The van der Waals surface area contributed by atoms with Crippen molar-refractivity contribution in [3.63, 3.8) is 0 Å². The molecule has 0 saturated heterocycles. The molecule has 2 rings (SSSR count). The minimum atomic E-state index is -4.47. The van der Waals surface area contributed by atoms with Crippen LogP contribution in [-0.2, 0) is 17.4 Å². The van der Waals surface area contributed by atoms with Gasteiger partial charge in [-0.1, -0.05) is 12.1 Å². The van der Waals surface area contributed by atoms with Crippen LogP contribution in [0.3, 0.4) is 0 Å². The number of halogens is 3. The Labute approximate surface area is 130 Å². The van der Waals surface area contributed by atoms with E-state index < -0.39 is 17.8 Å². The van der Waals surface area contributed by atoms with Crippen molar-refractivity contribution in [2.75, 3.05) is 6.54 Å². The normalized spacial score (nSPS) is 12.9. The Kier molecular flexibility index (Phi) is 5.44. The molecule has 0 radical (unpaired) electrons. The quantitative estimate of drug-likeness (QED) is 0.857. The lowest BCUT2D eigenvalue weighted by Crippen LogP contribution is -2.28. The van der Waals surface area contributed by atoms with E-state index in [1.807, 2.05) is 0 Å². The third-order valence-electron chi connectivity index (χ3n) is 3.27. The summed E-state index contributed by atoms with van der Waals surface area (Å²) in [4.78, 5) is 11.7. The second kappa shape index (κ2) is 7.32. The summed E-state index contributed by atoms with van der Waals surface area (Å²) < 4.78 is 42.9. The predicted molar refractivity (Wildman–Crippen MR) is 76.4 cm³/mol. The summed E-state index contributed by atoms with van der Waals surface area (Å²) >= 11 is 0. The zero-order chi connectivity index (χ0) is 16.9. The molecule has 2 N–H and O–H groups in total. The van der Waals surface area contributed by atoms with E-state index in [9.17, 15) is 23.1 Å². The molecule has 1 unspecified atom stereocenters. The number of carbonyl (C=O) groups is 1. The third kappa shape index (κ3) is 5.14. The summed E-state index contributed by atoms with van der Waals surface area (Å²) in [7, 11) is 0. The van der Waals surface area contributed by atoms with Gasteiger partial charge in [0.25, 0.3) is 0 Å². The first-order valence-electron chi connectivity index (χ1n) is 7.00. The lowest BCUT2D eigenvalue weighted by atomic mass is 10.1. The molecule has 2 aromatic rings. The van der Waals surface area contributed by atoms with Gasteiger partial charge >= 0.3 is 6.18 Å². The number of nitrogens with one attached hydrogen (secondary N) is 1. The van der Waals surface area contributed by atoms with Gasteiger partial charge in [-0.25, -0.2) is 0 Å². The third-order valence-corrected chi connectivity index (χ3v) is 3.27. The zero-order valence-corrected chi connectivity index (χ0v) is 12.1. The molecule has 7 heteroatoms. The summed E-state index contributed by atoms with van der Waals surface area (Å²) in [5, 5.41) is 12.4. The Balaban J connectivity index is 1.84. The predicted octanol–water partition coefficient (Wildman–Crippen LogP) is 3.08. The SMILES string of the molecule is O=C(CCc1ccco1)NCC(O)c1cccc(C(F)(F)F)c1. The van der Waals surface area contributed by atoms with Gasteiger partial charge in [0.2, 0.25) is 5.91 Å². The number of hydrogen-bond acceptors (Lipinski definition) is 3. The second-order valence-corrected chi connectivity index (χ2v) is 5.02. The fraction of sp³-hybridized carbons (Fsp3) is 0.312. The van der Waals surface area contributed by atoms with Gasteiger partial charge in [-0.2, -0.15) is 13.2 Å². The minimum Gasteiger partial charge on any atom is -0.469 e. The summed E-state index contributed by atoms with van der Waals surface area (Å²) in [6.45, 7) is -0.154. The van der Waals surface area contributed by atoms with Gasteiger partial charge in [0, 0.05) is 19.4 Å². The summed E-state index contributed by atoms with van der Waals surface area (Å²) in [6.07, 6.45) is -3.58. The number of alkyl halides is 3. The van der Waals surface area contributed by atoms with Gasteiger partial charge in [0.05, 0.1) is 17.9 Å². The Morgan fingerprint density at radius 2 is 2.04 bits per heavy atom. The lowest BCUT2D eigenvalue weighted by molar-refractivity contribution is -0.137. The van der Waals surface area contributed by atoms with Crippen molar-refractivity contribution in [1.29, 1.82) is 0 Å². The first-order chi connectivity index (χ1) is 10.9. The van der Waals surface area contributed by atoms with Crippen molar-refractivity contribution in [2.24, 2.45) is 0 Å². The molecule has 23 heavy (non-hydrogen) atoms. The largest absolute Gasteiger partial charge is 0.469 e. The fourth-order valence-corrected chi connectivity index (χ4v) is 2.03. The van der Waals surface area contributed by atoms with E-state index in [1.165, 1.54) is 18.4 Å². The number of benzene rings is 1. The molecule has 1 amide bonds. The highest BCUT2D eigenvalue weighted by Crippen LogP contribution is 2.30. The lowest BCUT2D eigenvalue weighted by Gasteiger charge is -2.14. The van der Waals surface area contributed by atoms with E-state index in [2.05, 4.69) is 5.32 Å². The van der Waals surface area contributed by atoms with E-state index in [0.29, 0.717) is 12.2 Å². The Bertz CT molecular complexity index is 638. The van der Waals surface area contributed by atoms with Crippen LogP contribution in [0.2, 0.25) is 0 Å². The number of hydrogen-bond donors (Lipinski definition) is 2. The molecule has 0 bridgehead atoms. The number of aliphatic hydroxyl groups is 1. The van der Waals surface area contributed by atoms with Crippen molar-refractivity contribution in [1.82, 2.24) is 5.32 Å². The summed E-state index contributed by atoms with van der Waals surface area (Å²) in [5.41, 5.74) is -0.732. The Morgan fingerprint density at radius 1 is 1.26 bits per heavy atom. The maximum absolute atomic E-state index is 12.6. The molecular formula is C16H16F3NO3. The standard InChI is InChI=1S/C16H16F3NO3/c17-16(18,19)12-4-1-3-11(9-12)14(21)10-20-15(22)7-6-13-5-2-8-23-13/h1-5,8-9,14,21H,6-7,10H2,(H,20,22). The molecule has 1 aromatic heterocycles. The molecule has 0 aliphatic carbocycles. The summed E-state index contributed by atoms with van der Waals surface area (Å²) in [5.74, 6) is 0.353. The van der Waals surface area contributed by atoms with E-state index in [1.54, 1.807) is 12.1 Å². The topological polar surface area (TPSA) is 62.5 Å². The van der Waals surface area contributed by atoms with Crippen LogP contribution in [0.25, 0.3) is 0 Å². The molecule has 1 aromatic carbocycles. The molecule has 124 valence electrons. The zero-order valence-electron chi connectivity index (χ0n) is 12.1. The number of aliphatic hydroxyl groups excluding tert-OH is 1. The fourth-order valence-electron chi connectivity index (χ4n) is 2.03. The van der Waals surface area contributed by atoms with Crippen molar-refractivity contribution in [3.8, 4) is 0 Å². The number of carbonyl (C=O) groups excluding carboxylic acids is 1. The van der Waals surface area contributed by atoms with Crippen LogP contribution in [0.1, 0.15) is 29.4 Å². The molecule has 4 nitrogen and oxygen atoms in total. The van der Waals surface area contributed by atoms with E-state index in [0.717, 1.165) is 12.1 Å². The molecule has 0 fully saturated rings. The maximum Gasteiger partial charge on any atom is 0.416 e. The Morgan fingerprint density at radius 3 is 2.70 bits per heavy atom. The number of amides is 1. The van der Waals surface area contributed by atoms with Crippen molar-refractivity contribution in [3.05, 3.63) is 59.5 Å². The molecule has 0 aliphatic heterocycles. The average molecular weight is 327 g/mol. The number of aryl methyl sites for hydroxylation is 1. The van der Waals surface area contributed by atoms with E-state index in [4.69, 9.17) is 4.42 Å². The molecular weight excluding hydrogens is 311 g/mol. The van der Waals surface area contributed by atoms with Gasteiger partial charge in [-0.05, 0) is 29.8 Å². The van der Waals surface area contributed by atoms with Crippen LogP contribution in [-0.4, -0.2) is 17.6 Å². The number of furan rings is 1. The van der Waals surface area contributed by atoms with Crippen molar-refractivity contribution in [2.45, 2.75) is 25.1 Å². The number of rotatable bonds is 6. The Hall–Kier alpha value is -2.28. The minimum absolute atomic E-state index is 0.103. The molecule has 1 atom stereocenters. The second-order valence-electron chi connectivity index (χ2n) is 5.02. The highest BCUT2D eigenvalue weighted by molar-refractivity contribution is 5.76. The molecule has 1 heterocycles. The smallest absolute Gasteiger partial charge is 0.416 e. The van der Waals surface area contributed by atoms with Crippen LogP contribution in [0, 0.1) is 0 Å². The van der Waals surface area contributed by atoms with Gasteiger partial charge in [-0.3, -0.25) is 4.79 Å². The first kappa shape index (κ1) is 17.1. The van der Waals surface area contributed by atoms with Gasteiger partial charge < -0.3 is 14.8 Å². The van der Waals surface area contributed by atoms with E-state index in [-0.39, 0.29) is 24.4 Å². The maximum atomic E-state index is 12.6. The highest BCUT2D eigenvalue weighted by atomic mass is 19.4. The van der Waals surface area contributed by atoms with Crippen LogP contribution < -0.4 is 5.32 Å². The molecule has 0 saturated carbocycles. The first-order valence-corrected chi connectivity index (χ1v) is 7.00.